The Morgan fingerprint density at radius 1 is 1.60 bits per heavy atom. The maximum absolute atomic E-state index is 11.0. The fraction of sp³-hybridized carbons (Fsp3) is 0.300. The molecule has 3 nitrogen and oxygen atoms in total. The van der Waals surface area contributed by atoms with Crippen molar-refractivity contribution in [3.05, 3.63) is 28.2 Å². The molecule has 0 bridgehead atoms. The van der Waals surface area contributed by atoms with Crippen LogP contribution in [0.3, 0.4) is 0 Å². The fourth-order valence-electron chi connectivity index (χ4n) is 1.11. The zero-order valence-electron chi connectivity index (χ0n) is 8.22. The Morgan fingerprint density at radius 2 is 2.33 bits per heavy atom. The number of amides is 1. The summed E-state index contributed by atoms with van der Waals surface area (Å²) in [6.45, 7) is 0.419. The number of hydrogen-bond donors (Lipinski definition) is 1. The number of halogens is 2. The molecule has 1 aromatic rings. The van der Waals surface area contributed by atoms with Crippen molar-refractivity contribution in [2.24, 2.45) is 0 Å². The van der Waals surface area contributed by atoms with Crippen LogP contribution in [0.15, 0.2) is 22.7 Å². The molecule has 0 saturated carbocycles. The Bertz CT molecular complexity index is 357. The van der Waals surface area contributed by atoms with E-state index >= 15 is 0 Å². The largest absolute Gasteiger partial charge is 0.496 e. The number of benzene rings is 1. The van der Waals surface area contributed by atoms with Gasteiger partial charge in [-0.2, -0.15) is 0 Å². The number of ether oxygens (including phenoxy) is 1. The molecule has 1 amide bonds. The van der Waals surface area contributed by atoms with E-state index in [0.29, 0.717) is 6.54 Å². The predicted molar refractivity (Wildman–Crippen MR) is 63.3 cm³/mol. The third-order valence-electron chi connectivity index (χ3n) is 1.85. The van der Waals surface area contributed by atoms with Crippen molar-refractivity contribution in [3.63, 3.8) is 0 Å². The van der Waals surface area contributed by atoms with Crippen LogP contribution in [-0.2, 0) is 11.3 Å². The summed E-state index contributed by atoms with van der Waals surface area (Å²) in [7, 11) is 1.59. The van der Waals surface area contributed by atoms with Crippen LogP contribution in [0.25, 0.3) is 0 Å². The molecule has 0 radical (unpaired) electrons. The van der Waals surface area contributed by atoms with Crippen LogP contribution in [0.1, 0.15) is 5.56 Å². The highest BCUT2D eigenvalue weighted by molar-refractivity contribution is 9.10. The zero-order valence-corrected chi connectivity index (χ0v) is 10.6. The molecular formula is C10H11BrClNO2. The number of hydrogen-bond acceptors (Lipinski definition) is 2. The van der Waals surface area contributed by atoms with Crippen molar-refractivity contribution in [1.29, 1.82) is 0 Å². The van der Waals surface area contributed by atoms with Crippen molar-refractivity contribution in [2.75, 3.05) is 13.0 Å². The second-order valence-corrected chi connectivity index (χ2v) is 4.05. The smallest absolute Gasteiger partial charge is 0.235 e. The minimum atomic E-state index is -0.193. The molecule has 82 valence electrons. The lowest BCUT2D eigenvalue weighted by Gasteiger charge is -2.09. The van der Waals surface area contributed by atoms with E-state index in [1.165, 1.54) is 0 Å². The van der Waals surface area contributed by atoms with Crippen LogP contribution in [-0.4, -0.2) is 18.9 Å². The number of alkyl halides is 1. The van der Waals surface area contributed by atoms with E-state index in [0.717, 1.165) is 15.8 Å². The molecule has 0 spiro atoms. The van der Waals surface area contributed by atoms with E-state index in [2.05, 4.69) is 21.2 Å². The summed E-state index contributed by atoms with van der Waals surface area (Å²) < 4.78 is 6.11. The highest BCUT2D eigenvalue weighted by Crippen LogP contribution is 2.23. The molecule has 1 rings (SSSR count). The minimum Gasteiger partial charge on any atom is -0.496 e. The molecule has 5 heteroatoms. The number of nitrogens with one attached hydrogen (secondary N) is 1. The lowest BCUT2D eigenvalue weighted by Crippen LogP contribution is -2.23. The summed E-state index contributed by atoms with van der Waals surface area (Å²) in [5.41, 5.74) is 0.916. The molecule has 0 atom stereocenters. The lowest BCUT2D eigenvalue weighted by molar-refractivity contribution is -0.118. The zero-order chi connectivity index (χ0) is 11.3. The van der Waals surface area contributed by atoms with E-state index in [9.17, 15) is 4.79 Å². The molecule has 0 saturated heterocycles. The normalized spacial score (nSPS) is 9.80. The van der Waals surface area contributed by atoms with Gasteiger partial charge in [0.2, 0.25) is 5.91 Å². The summed E-state index contributed by atoms with van der Waals surface area (Å²) in [4.78, 5) is 11.0. The van der Waals surface area contributed by atoms with Crippen LogP contribution in [0.2, 0.25) is 0 Å². The molecule has 0 fully saturated rings. The average Bonchev–Trinajstić information content (AvgIpc) is 2.26. The quantitative estimate of drug-likeness (QED) is 0.865. The van der Waals surface area contributed by atoms with E-state index in [4.69, 9.17) is 16.3 Å². The van der Waals surface area contributed by atoms with Gasteiger partial charge in [0, 0.05) is 16.6 Å². The van der Waals surface area contributed by atoms with Crippen LogP contribution < -0.4 is 10.1 Å². The van der Waals surface area contributed by atoms with E-state index in [-0.39, 0.29) is 11.8 Å². The van der Waals surface area contributed by atoms with Crippen LogP contribution in [0.5, 0.6) is 5.75 Å². The molecule has 0 unspecified atom stereocenters. The topological polar surface area (TPSA) is 38.3 Å². The first-order valence-electron chi connectivity index (χ1n) is 4.32. The Hall–Kier alpha value is -0.740. The molecule has 0 aliphatic rings. The SMILES string of the molecule is COc1cc(Br)ccc1CNC(=O)CCl. The Morgan fingerprint density at radius 3 is 2.93 bits per heavy atom. The van der Waals surface area contributed by atoms with Gasteiger partial charge >= 0.3 is 0 Å². The van der Waals surface area contributed by atoms with Gasteiger partial charge < -0.3 is 10.1 Å². The van der Waals surface area contributed by atoms with E-state index in [1.54, 1.807) is 7.11 Å². The van der Waals surface area contributed by atoms with Gasteiger partial charge in [0.25, 0.3) is 0 Å². The minimum absolute atomic E-state index is 0.0289. The second-order valence-electron chi connectivity index (χ2n) is 2.87. The molecule has 0 heterocycles. The molecule has 0 aromatic heterocycles. The average molecular weight is 293 g/mol. The summed E-state index contributed by atoms with van der Waals surface area (Å²) in [6, 6.07) is 5.63. The van der Waals surface area contributed by atoms with Crippen LogP contribution in [0, 0.1) is 0 Å². The third-order valence-corrected chi connectivity index (χ3v) is 2.58. The molecule has 0 aliphatic carbocycles. The first-order valence-corrected chi connectivity index (χ1v) is 5.65. The number of methoxy groups -OCH3 is 1. The molecule has 1 N–H and O–H groups in total. The highest BCUT2D eigenvalue weighted by Gasteiger charge is 2.05. The Kier molecular flexibility index (Phi) is 4.91. The van der Waals surface area contributed by atoms with Crippen molar-refractivity contribution >= 4 is 33.4 Å². The first-order chi connectivity index (χ1) is 7.17. The van der Waals surface area contributed by atoms with Crippen molar-refractivity contribution in [2.45, 2.75) is 6.54 Å². The predicted octanol–water partition coefficient (Wildman–Crippen LogP) is 2.31. The Balaban J connectivity index is 2.72. The maximum atomic E-state index is 11.0. The van der Waals surface area contributed by atoms with Gasteiger partial charge in [-0.15, -0.1) is 11.6 Å². The molecular weight excluding hydrogens is 281 g/mol. The van der Waals surface area contributed by atoms with Crippen molar-refractivity contribution < 1.29 is 9.53 Å². The Labute approximate surface area is 102 Å². The van der Waals surface area contributed by atoms with Crippen LogP contribution >= 0.6 is 27.5 Å². The van der Waals surface area contributed by atoms with Gasteiger partial charge in [-0.1, -0.05) is 22.0 Å². The standard InChI is InChI=1S/C10H11BrClNO2/c1-15-9-4-8(11)3-2-7(9)6-13-10(14)5-12/h2-4H,5-6H2,1H3,(H,13,14). The third kappa shape index (κ3) is 3.72. The summed E-state index contributed by atoms with van der Waals surface area (Å²) >= 11 is 8.71. The monoisotopic (exact) mass is 291 g/mol. The summed E-state index contributed by atoms with van der Waals surface area (Å²) in [6.07, 6.45) is 0. The number of carbonyl (C=O) groups is 1. The van der Waals surface area contributed by atoms with Gasteiger partial charge in [0.15, 0.2) is 0 Å². The first kappa shape index (κ1) is 12.3. The van der Waals surface area contributed by atoms with Gasteiger partial charge in [0.05, 0.1) is 7.11 Å². The van der Waals surface area contributed by atoms with E-state index < -0.39 is 0 Å². The summed E-state index contributed by atoms with van der Waals surface area (Å²) in [5.74, 6) is 0.514. The van der Waals surface area contributed by atoms with Gasteiger partial charge in [-0.25, -0.2) is 0 Å². The van der Waals surface area contributed by atoms with Gasteiger partial charge in [-0.05, 0) is 12.1 Å². The summed E-state index contributed by atoms with van der Waals surface area (Å²) in [5, 5.41) is 2.68. The van der Waals surface area contributed by atoms with Crippen molar-refractivity contribution in [3.8, 4) is 5.75 Å². The number of carbonyl (C=O) groups excluding carboxylic acids is 1. The van der Waals surface area contributed by atoms with Gasteiger partial charge in [0.1, 0.15) is 11.6 Å². The number of rotatable bonds is 4. The second kappa shape index (κ2) is 5.98. The maximum Gasteiger partial charge on any atom is 0.235 e. The molecule has 0 aliphatic heterocycles. The lowest BCUT2D eigenvalue weighted by atomic mass is 10.2. The van der Waals surface area contributed by atoms with Gasteiger partial charge in [-0.3, -0.25) is 4.79 Å². The molecule has 1 aromatic carbocycles. The van der Waals surface area contributed by atoms with Crippen LogP contribution in [0.4, 0.5) is 0 Å². The highest BCUT2D eigenvalue weighted by atomic mass is 79.9. The van der Waals surface area contributed by atoms with E-state index in [1.807, 2.05) is 18.2 Å². The van der Waals surface area contributed by atoms with Crippen molar-refractivity contribution in [1.82, 2.24) is 5.32 Å². The molecule has 15 heavy (non-hydrogen) atoms. The fourth-order valence-corrected chi connectivity index (χ4v) is 1.54.